The summed E-state index contributed by atoms with van der Waals surface area (Å²) in [5.41, 5.74) is 0.708. The van der Waals surface area contributed by atoms with Gasteiger partial charge in [0.05, 0.1) is 25.3 Å². The van der Waals surface area contributed by atoms with Gasteiger partial charge in [0.25, 0.3) is 0 Å². The quantitative estimate of drug-likeness (QED) is 0.737. The van der Waals surface area contributed by atoms with Crippen molar-refractivity contribution in [1.29, 1.82) is 0 Å². The number of carbonyl (C=O) groups is 2. The van der Waals surface area contributed by atoms with Crippen molar-refractivity contribution in [2.24, 2.45) is 0 Å². The lowest BCUT2D eigenvalue weighted by atomic mass is 10.2. The highest BCUT2D eigenvalue weighted by molar-refractivity contribution is 6.04. The minimum Gasteiger partial charge on any atom is -0.486 e. The fourth-order valence-corrected chi connectivity index (χ4v) is 2.80. The minimum absolute atomic E-state index is 0.203. The van der Waals surface area contributed by atoms with Gasteiger partial charge in [0, 0.05) is 24.8 Å². The number of hydrogen-bond acceptors (Lipinski definition) is 5. The zero-order chi connectivity index (χ0) is 19.9. The first-order valence-electron chi connectivity index (χ1n) is 8.83. The van der Waals surface area contributed by atoms with Crippen molar-refractivity contribution in [1.82, 2.24) is 0 Å². The normalized spacial score (nSPS) is 13.9. The number of morpholine rings is 1. The van der Waals surface area contributed by atoms with E-state index in [1.54, 1.807) is 12.1 Å². The maximum Gasteiger partial charge on any atom is 0.231 e. The van der Waals surface area contributed by atoms with Crippen LogP contribution in [0, 0.1) is 11.6 Å². The maximum atomic E-state index is 14.3. The number of nitrogens with zero attached hydrogens (tertiary/aromatic N) is 1. The molecule has 1 heterocycles. The third-order valence-corrected chi connectivity index (χ3v) is 4.14. The van der Waals surface area contributed by atoms with E-state index in [2.05, 4.69) is 5.32 Å². The van der Waals surface area contributed by atoms with E-state index in [4.69, 9.17) is 9.47 Å². The fourth-order valence-electron chi connectivity index (χ4n) is 2.80. The minimum atomic E-state index is -0.577. The summed E-state index contributed by atoms with van der Waals surface area (Å²) in [4.78, 5) is 25.7. The highest BCUT2D eigenvalue weighted by atomic mass is 19.1. The molecule has 1 aliphatic rings. The molecule has 1 saturated heterocycles. The van der Waals surface area contributed by atoms with Gasteiger partial charge in [-0.05, 0) is 30.3 Å². The summed E-state index contributed by atoms with van der Waals surface area (Å²) < 4.78 is 37.8. The Morgan fingerprint density at radius 2 is 1.89 bits per heavy atom. The molecule has 1 amide bonds. The predicted molar refractivity (Wildman–Crippen MR) is 99.6 cm³/mol. The van der Waals surface area contributed by atoms with E-state index in [0.29, 0.717) is 32.0 Å². The summed E-state index contributed by atoms with van der Waals surface area (Å²) in [6, 6.07) is 9.75. The zero-order valence-corrected chi connectivity index (χ0v) is 15.1. The van der Waals surface area contributed by atoms with Crippen molar-refractivity contribution in [3.63, 3.8) is 0 Å². The SMILES string of the molecule is O=C(COc1cccc(F)c1)CC(=O)Nc1ccc(N2CCOCC2)c(F)c1. The number of nitrogens with one attached hydrogen (secondary N) is 1. The van der Waals surface area contributed by atoms with Crippen LogP contribution in [0.25, 0.3) is 0 Å². The summed E-state index contributed by atoms with van der Waals surface area (Å²) in [5.74, 6) is -1.79. The van der Waals surface area contributed by atoms with Crippen LogP contribution in [0.3, 0.4) is 0 Å². The van der Waals surface area contributed by atoms with Gasteiger partial charge in [-0.15, -0.1) is 0 Å². The van der Waals surface area contributed by atoms with Crippen LogP contribution < -0.4 is 15.0 Å². The number of hydrogen-bond donors (Lipinski definition) is 1. The molecule has 8 heteroatoms. The van der Waals surface area contributed by atoms with Crippen LogP contribution >= 0.6 is 0 Å². The van der Waals surface area contributed by atoms with E-state index in [-0.39, 0.29) is 18.0 Å². The second-order valence-electron chi connectivity index (χ2n) is 6.28. The molecule has 0 bridgehead atoms. The van der Waals surface area contributed by atoms with E-state index in [1.807, 2.05) is 4.90 Å². The molecule has 28 heavy (non-hydrogen) atoms. The molecule has 0 unspecified atom stereocenters. The van der Waals surface area contributed by atoms with Crippen molar-refractivity contribution in [2.45, 2.75) is 6.42 Å². The first-order valence-corrected chi connectivity index (χ1v) is 8.83. The number of halogens is 2. The number of ketones is 1. The average Bonchev–Trinajstić information content (AvgIpc) is 2.67. The van der Waals surface area contributed by atoms with Crippen LogP contribution in [0.4, 0.5) is 20.2 Å². The van der Waals surface area contributed by atoms with Crippen molar-refractivity contribution in [2.75, 3.05) is 43.1 Å². The fraction of sp³-hybridized carbons (Fsp3) is 0.300. The summed E-state index contributed by atoms with van der Waals surface area (Å²) in [6.07, 6.45) is -0.428. The third kappa shape index (κ3) is 5.50. The molecule has 1 N–H and O–H groups in total. The van der Waals surface area contributed by atoms with Gasteiger partial charge < -0.3 is 19.7 Å². The molecule has 1 fully saturated rings. The Labute approximate surface area is 161 Å². The summed E-state index contributed by atoms with van der Waals surface area (Å²) in [7, 11) is 0. The molecule has 6 nitrogen and oxygen atoms in total. The Morgan fingerprint density at radius 3 is 2.61 bits per heavy atom. The second-order valence-corrected chi connectivity index (χ2v) is 6.28. The van der Waals surface area contributed by atoms with Gasteiger partial charge >= 0.3 is 0 Å². The lowest BCUT2D eigenvalue weighted by Crippen LogP contribution is -2.36. The molecule has 3 rings (SSSR count). The highest BCUT2D eigenvalue weighted by Gasteiger charge is 2.16. The van der Waals surface area contributed by atoms with Gasteiger partial charge in [-0.25, -0.2) is 8.78 Å². The van der Waals surface area contributed by atoms with Crippen molar-refractivity contribution in [3.05, 3.63) is 54.1 Å². The highest BCUT2D eigenvalue weighted by Crippen LogP contribution is 2.23. The third-order valence-electron chi connectivity index (χ3n) is 4.14. The molecule has 0 atom stereocenters. The second kappa shape index (κ2) is 9.27. The van der Waals surface area contributed by atoms with Crippen LogP contribution in [-0.4, -0.2) is 44.6 Å². The van der Waals surface area contributed by atoms with Gasteiger partial charge in [-0.3, -0.25) is 9.59 Å². The van der Waals surface area contributed by atoms with Gasteiger partial charge in [0.2, 0.25) is 5.91 Å². The van der Waals surface area contributed by atoms with Crippen molar-refractivity contribution in [3.8, 4) is 5.75 Å². The molecule has 148 valence electrons. The van der Waals surface area contributed by atoms with Gasteiger partial charge in [0.1, 0.15) is 24.0 Å². The smallest absolute Gasteiger partial charge is 0.231 e. The topological polar surface area (TPSA) is 67.9 Å². The van der Waals surface area contributed by atoms with Gasteiger partial charge in [0.15, 0.2) is 5.78 Å². The standard InChI is InChI=1S/C20H20F2N2O4/c21-14-2-1-3-17(10-14)28-13-16(25)12-20(26)23-15-4-5-19(18(22)11-15)24-6-8-27-9-7-24/h1-5,10-11H,6-9,12-13H2,(H,23,26). The number of rotatable bonds is 7. The molecule has 2 aromatic rings. The summed E-state index contributed by atoms with van der Waals surface area (Å²) in [5, 5.41) is 2.49. The predicted octanol–water partition coefficient (Wildman–Crippen LogP) is 2.78. The Balaban J connectivity index is 1.50. The lowest BCUT2D eigenvalue weighted by Gasteiger charge is -2.29. The van der Waals surface area contributed by atoms with Crippen molar-refractivity contribution < 1.29 is 27.8 Å². The Bertz CT molecular complexity index is 854. The molecule has 0 saturated carbocycles. The van der Waals surface area contributed by atoms with E-state index < -0.39 is 29.7 Å². The Kier molecular flexibility index (Phi) is 6.54. The van der Waals surface area contributed by atoms with Gasteiger partial charge in [-0.1, -0.05) is 6.07 Å². The number of Topliss-reactive ketones (excluding diaryl/α,β-unsaturated/α-hetero) is 1. The number of anilines is 2. The van der Waals surface area contributed by atoms with E-state index in [1.165, 1.54) is 24.3 Å². The number of ether oxygens (including phenoxy) is 2. The van der Waals surface area contributed by atoms with Crippen LogP contribution in [0.2, 0.25) is 0 Å². The molecular weight excluding hydrogens is 370 g/mol. The Morgan fingerprint density at radius 1 is 1.11 bits per heavy atom. The molecule has 0 spiro atoms. The average molecular weight is 390 g/mol. The number of amides is 1. The maximum absolute atomic E-state index is 14.3. The monoisotopic (exact) mass is 390 g/mol. The molecule has 0 aromatic heterocycles. The van der Waals surface area contributed by atoms with E-state index >= 15 is 0 Å². The van der Waals surface area contributed by atoms with Crippen LogP contribution in [0.15, 0.2) is 42.5 Å². The number of carbonyl (C=O) groups excluding carboxylic acids is 2. The van der Waals surface area contributed by atoms with Crippen LogP contribution in [0.5, 0.6) is 5.75 Å². The number of benzene rings is 2. The Hall–Kier alpha value is -3.00. The van der Waals surface area contributed by atoms with E-state index in [9.17, 15) is 18.4 Å². The first kappa shape index (κ1) is 19.8. The molecular formula is C20H20F2N2O4. The molecule has 0 radical (unpaired) electrons. The molecule has 2 aromatic carbocycles. The van der Waals surface area contributed by atoms with E-state index in [0.717, 1.165) is 6.07 Å². The van der Waals surface area contributed by atoms with Gasteiger partial charge in [-0.2, -0.15) is 0 Å². The summed E-state index contributed by atoms with van der Waals surface area (Å²) in [6.45, 7) is 1.92. The summed E-state index contributed by atoms with van der Waals surface area (Å²) >= 11 is 0. The zero-order valence-electron chi connectivity index (χ0n) is 15.1. The molecule has 1 aliphatic heterocycles. The molecule has 0 aliphatic carbocycles. The first-order chi connectivity index (χ1) is 13.5. The van der Waals surface area contributed by atoms with Crippen LogP contribution in [0.1, 0.15) is 6.42 Å². The lowest BCUT2D eigenvalue weighted by molar-refractivity contribution is -0.126. The largest absolute Gasteiger partial charge is 0.486 e. The van der Waals surface area contributed by atoms with Crippen LogP contribution in [-0.2, 0) is 14.3 Å². The van der Waals surface area contributed by atoms with Crippen molar-refractivity contribution >= 4 is 23.1 Å².